The molecule has 34 heavy (non-hydrogen) atoms. The van der Waals surface area contributed by atoms with Gasteiger partial charge in [-0.05, 0) is 55.7 Å². The molecule has 0 bridgehead atoms. The van der Waals surface area contributed by atoms with E-state index in [1.54, 1.807) is 31.3 Å². The van der Waals surface area contributed by atoms with Gasteiger partial charge in [-0.25, -0.2) is 13.4 Å². The van der Waals surface area contributed by atoms with Gasteiger partial charge in [-0.15, -0.1) is 0 Å². The first-order valence-corrected chi connectivity index (χ1v) is 12.4. The zero-order chi connectivity index (χ0) is 24.7. The van der Waals surface area contributed by atoms with Gasteiger partial charge in [0.15, 0.2) is 9.84 Å². The van der Waals surface area contributed by atoms with Gasteiger partial charge >= 0.3 is 0 Å². The number of aryl methyl sites for hydroxylation is 2. The Bertz CT molecular complexity index is 1350. The Labute approximate surface area is 199 Å². The molecule has 0 aliphatic carbocycles. The number of rotatable bonds is 6. The van der Waals surface area contributed by atoms with E-state index < -0.39 is 9.84 Å². The van der Waals surface area contributed by atoms with Crippen molar-refractivity contribution in [3.05, 3.63) is 77.6 Å². The zero-order valence-electron chi connectivity index (χ0n) is 19.3. The number of H-pyrrole nitrogens is 1. The fourth-order valence-corrected chi connectivity index (χ4v) is 4.21. The lowest BCUT2D eigenvalue weighted by Gasteiger charge is -2.10. The van der Waals surface area contributed by atoms with Crippen molar-refractivity contribution >= 4 is 27.3 Å². The van der Waals surface area contributed by atoms with Crippen LogP contribution in [0.2, 0.25) is 0 Å². The van der Waals surface area contributed by atoms with Crippen molar-refractivity contribution in [1.29, 1.82) is 0 Å². The van der Waals surface area contributed by atoms with Crippen LogP contribution in [0.1, 0.15) is 16.8 Å². The Kier molecular flexibility index (Phi) is 7.98. The van der Waals surface area contributed by atoms with Gasteiger partial charge in [-0.2, -0.15) is 10.1 Å². The molecule has 5 N–H and O–H groups in total. The fraction of sp³-hybridized carbons (Fsp3) is 0.208. The van der Waals surface area contributed by atoms with Crippen LogP contribution in [0.3, 0.4) is 0 Å². The first-order valence-electron chi connectivity index (χ1n) is 10.5. The van der Waals surface area contributed by atoms with Gasteiger partial charge in [-0.1, -0.05) is 30.3 Å². The SMILES string of the molecule is Cc1cc(-c2cnc(Nc3ccc(S(C)(=O)=O)c(C)c3)nc2N)n[nH]1.OCCc1ccccc1. The highest BCUT2D eigenvalue weighted by molar-refractivity contribution is 7.90. The third-order valence-electron chi connectivity index (χ3n) is 4.87. The van der Waals surface area contributed by atoms with Crippen molar-refractivity contribution in [2.24, 2.45) is 0 Å². The van der Waals surface area contributed by atoms with E-state index in [4.69, 9.17) is 10.8 Å². The van der Waals surface area contributed by atoms with Crippen molar-refractivity contribution in [2.45, 2.75) is 25.2 Å². The number of sulfone groups is 1. The third-order valence-corrected chi connectivity index (χ3v) is 6.13. The van der Waals surface area contributed by atoms with Crippen molar-refractivity contribution in [2.75, 3.05) is 23.9 Å². The topological polar surface area (TPSA) is 147 Å². The van der Waals surface area contributed by atoms with Crippen LogP contribution in [0.4, 0.5) is 17.5 Å². The first-order chi connectivity index (χ1) is 16.2. The largest absolute Gasteiger partial charge is 0.396 e. The molecule has 4 aromatic rings. The number of nitrogens with zero attached hydrogens (tertiary/aromatic N) is 3. The molecule has 0 atom stereocenters. The van der Waals surface area contributed by atoms with E-state index >= 15 is 0 Å². The molecule has 178 valence electrons. The highest BCUT2D eigenvalue weighted by Gasteiger charge is 2.12. The van der Waals surface area contributed by atoms with Gasteiger partial charge in [0.05, 0.1) is 16.2 Å². The maximum atomic E-state index is 11.7. The molecule has 0 radical (unpaired) electrons. The lowest BCUT2D eigenvalue weighted by atomic mass is 10.2. The van der Waals surface area contributed by atoms with E-state index in [-0.39, 0.29) is 6.61 Å². The number of aliphatic hydroxyl groups is 1. The maximum absolute atomic E-state index is 11.7. The minimum atomic E-state index is -3.25. The summed E-state index contributed by atoms with van der Waals surface area (Å²) in [6, 6.07) is 16.7. The number of aliphatic hydroxyl groups excluding tert-OH is 1. The van der Waals surface area contributed by atoms with Crippen LogP contribution in [-0.2, 0) is 16.3 Å². The molecule has 0 aliphatic rings. The number of anilines is 3. The van der Waals surface area contributed by atoms with Gasteiger partial charge in [-0.3, -0.25) is 5.10 Å². The molecule has 0 fully saturated rings. The molecule has 4 rings (SSSR count). The molecule has 0 amide bonds. The second-order valence-electron chi connectivity index (χ2n) is 7.77. The van der Waals surface area contributed by atoms with Crippen LogP contribution in [0, 0.1) is 13.8 Å². The van der Waals surface area contributed by atoms with Gasteiger partial charge in [0.1, 0.15) is 5.82 Å². The predicted octanol–water partition coefficient (Wildman–Crippen LogP) is 3.43. The van der Waals surface area contributed by atoms with Crippen LogP contribution < -0.4 is 11.1 Å². The number of nitrogens with one attached hydrogen (secondary N) is 2. The first kappa shape index (κ1) is 24.9. The molecule has 2 aromatic heterocycles. The maximum Gasteiger partial charge on any atom is 0.229 e. The van der Waals surface area contributed by atoms with Gasteiger partial charge in [0.25, 0.3) is 0 Å². The molecule has 0 saturated heterocycles. The number of nitrogen functional groups attached to an aromatic ring is 1. The van der Waals surface area contributed by atoms with E-state index in [2.05, 4.69) is 25.5 Å². The molecule has 0 aliphatic heterocycles. The minimum Gasteiger partial charge on any atom is -0.396 e. The normalized spacial score (nSPS) is 10.9. The summed E-state index contributed by atoms with van der Waals surface area (Å²) < 4.78 is 23.3. The summed E-state index contributed by atoms with van der Waals surface area (Å²) in [5, 5.41) is 18.5. The molecular weight excluding hydrogens is 452 g/mol. The van der Waals surface area contributed by atoms with E-state index in [9.17, 15) is 8.42 Å². The summed E-state index contributed by atoms with van der Waals surface area (Å²) in [7, 11) is -3.25. The smallest absolute Gasteiger partial charge is 0.229 e. The number of aromatic nitrogens is 4. The average molecular weight is 481 g/mol. The molecule has 2 heterocycles. The average Bonchev–Trinajstić information content (AvgIpc) is 3.20. The van der Waals surface area contributed by atoms with Crippen LogP contribution in [0.15, 0.2) is 65.7 Å². The Morgan fingerprint density at radius 2 is 1.82 bits per heavy atom. The molecule has 0 spiro atoms. The van der Waals surface area contributed by atoms with Crippen molar-refractivity contribution in [3.8, 4) is 11.3 Å². The molecule has 0 saturated carbocycles. The predicted molar refractivity (Wildman–Crippen MR) is 134 cm³/mol. The van der Waals surface area contributed by atoms with Gasteiger partial charge < -0.3 is 16.2 Å². The second kappa shape index (κ2) is 10.9. The minimum absolute atomic E-state index is 0.240. The van der Waals surface area contributed by atoms with Gasteiger partial charge in [0.2, 0.25) is 5.95 Å². The van der Waals surface area contributed by atoms with E-state index in [0.717, 1.165) is 12.1 Å². The van der Waals surface area contributed by atoms with Crippen molar-refractivity contribution in [3.63, 3.8) is 0 Å². The van der Waals surface area contributed by atoms with Crippen LogP contribution in [0.25, 0.3) is 11.3 Å². The summed E-state index contributed by atoms with van der Waals surface area (Å²) in [5.74, 6) is 0.619. The Morgan fingerprint density at radius 1 is 1.09 bits per heavy atom. The Hall–Kier alpha value is -3.76. The summed E-state index contributed by atoms with van der Waals surface area (Å²) >= 11 is 0. The number of hydrogen-bond donors (Lipinski definition) is 4. The zero-order valence-corrected chi connectivity index (χ0v) is 20.1. The summed E-state index contributed by atoms with van der Waals surface area (Å²) in [6.45, 7) is 3.87. The Morgan fingerprint density at radius 3 is 2.38 bits per heavy atom. The van der Waals surface area contributed by atoms with E-state index in [1.807, 2.05) is 43.3 Å². The molecular formula is C24H28N6O3S. The summed E-state index contributed by atoms with van der Waals surface area (Å²) in [6.07, 6.45) is 3.54. The highest BCUT2D eigenvalue weighted by Crippen LogP contribution is 2.25. The number of nitrogens with two attached hydrogens (primary N) is 1. The monoisotopic (exact) mass is 480 g/mol. The molecule has 2 aromatic carbocycles. The van der Waals surface area contributed by atoms with Gasteiger partial charge in [0, 0.05) is 30.4 Å². The third kappa shape index (κ3) is 6.63. The van der Waals surface area contributed by atoms with Crippen molar-refractivity contribution in [1.82, 2.24) is 20.2 Å². The van der Waals surface area contributed by atoms with Crippen LogP contribution in [-0.4, -0.2) is 46.6 Å². The number of hydrogen-bond acceptors (Lipinski definition) is 8. The van der Waals surface area contributed by atoms with Crippen LogP contribution in [0.5, 0.6) is 0 Å². The van der Waals surface area contributed by atoms with Crippen molar-refractivity contribution < 1.29 is 13.5 Å². The quantitative estimate of drug-likeness (QED) is 0.328. The number of benzene rings is 2. The standard InChI is InChI=1S/C16H18N6O2S.C8H10O/c1-9-6-11(4-5-14(9)25(3,23)24)19-16-18-8-12(15(17)20-16)13-7-10(2)21-22-13;9-7-6-8-4-2-1-3-5-8/h4-8H,1-3H3,(H,21,22)(H3,17,18,19,20);1-5,9H,6-7H2. The lowest BCUT2D eigenvalue weighted by molar-refractivity contribution is 0.299. The second-order valence-corrected chi connectivity index (χ2v) is 9.75. The molecule has 0 unspecified atom stereocenters. The molecule has 10 heteroatoms. The molecule has 9 nitrogen and oxygen atoms in total. The van der Waals surface area contributed by atoms with Crippen LogP contribution >= 0.6 is 0 Å². The highest BCUT2D eigenvalue weighted by atomic mass is 32.2. The number of aromatic amines is 1. The summed E-state index contributed by atoms with van der Waals surface area (Å²) in [4.78, 5) is 8.78. The fourth-order valence-electron chi connectivity index (χ4n) is 3.25. The van der Waals surface area contributed by atoms with E-state index in [1.165, 1.54) is 11.8 Å². The Balaban J connectivity index is 0.000000302. The summed E-state index contributed by atoms with van der Waals surface area (Å²) in [5.41, 5.74) is 10.7. The van der Waals surface area contributed by atoms with E-state index in [0.29, 0.717) is 39.2 Å². The lowest BCUT2D eigenvalue weighted by Crippen LogP contribution is -2.04.